The SMILES string of the molecule is CC(C)c1ccc(N2C(=O)c3ccc(-c4ccc5c(c4)C(=O)N(C)C5=O)cc3C2=O)cc1. The number of anilines is 1. The Kier molecular flexibility index (Phi) is 4.34. The fourth-order valence-electron chi connectivity index (χ4n) is 4.20. The molecule has 0 fully saturated rings. The number of carbonyl (C=O) groups excluding carboxylic acids is 4. The third-order valence-corrected chi connectivity index (χ3v) is 6.13. The minimum atomic E-state index is -0.378. The van der Waals surface area contributed by atoms with Crippen molar-refractivity contribution in [2.45, 2.75) is 19.8 Å². The third kappa shape index (κ3) is 2.80. The number of hydrogen-bond acceptors (Lipinski definition) is 4. The summed E-state index contributed by atoms with van der Waals surface area (Å²) in [5.74, 6) is -1.06. The van der Waals surface area contributed by atoms with E-state index < -0.39 is 0 Å². The normalized spacial score (nSPS) is 15.1. The molecular formula is C26H20N2O4. The van der Waals surface area contributed by atoms with Crippen LogP contribution in [0.15, 0.2) is 60.7 Å². The van der Waals surface area contributed by atoms with Crippen LogP contribution in [0.3, 0.4) is 0 Å². The average Bonchev–Trinajstić information content (AvgIpc) is 3.18. The van der Waals surface area contributed by atoms with Gasteiger partial charge in [0.15, 0.2) is 0 Å². The smallest absolute Gasteiger partial charge is 0.266 e. The highest BCUT2D eigenvalue weighted by Crippen LogP contribution is 2.34. The number of rotatable bonds is 3. The lowest BCUT2D eigenvalue weighted by atomic mass is 9.97. The molecule has 0 aliphatic carbocycles. The summed E-state index contributed by atoms with van der Waals surface area (Å²) in [5.41, 5.74) is 4.42. The van der Waals surface area contributed by atoms with Gasteiger partial charge in [0.05, 0.1) is 27.9 Å². The maximum absolute atomic E-state index is 13.1. The molecule has 2 aliphatic rings. The Balaban J connectivity index is 1.51. The summed E-state index contributed by atoms with van der Waals surface area (Å²) >= 11 is 0. The monoisotopic (exact) mass is 424 g/mol. The van der Waals surface area contributed by atoms with E-state index in [1.54, 1.807) is 48.5 Å². The van der Waals surface area contributed by atoms with Gasteiger partial charge in [-0.1, -0.05) is 38.1 Å². The summed E-state index contributed by atoms with van der Waals surface area (Å²) in [6.45, 7) is 4.16. The summed E-state index contributed by atoms with van der Waals surface area (Å²) in [6, 6.07) is 17.5. The van der Waals surface area contributed by atoms with Crippen molar-refractivity contribution in [3.8, 4) is 11.1 Å². The minimum absolute atomic E-state index is 0.320. The lowest BCUT2D eigenvalue weighted by Gasteiger charge is -2.15. The molecule has 0 aromatic heterocycles. The molecule has 0 atom stereocenters. The Morgan fingerprint density at radius 1 is 0.594 bits per heavy atom. The molecule has 0 bridgehead atoms. The van der Waals surface area contributed by atoms with Crippen molar-refractivity contribution in [1.29, 1.82) is 0 Å². The molecule has 0 spiro atoms. The van der Waals surface area contributed by atoms with E-state index in [-0.39, 0.29) is 23.6 Å². The van der Waals surface area contributed by atoms with Crippen molar-refractivity contribution < 1.29 is 19.2 Å². The van der Waals surface area contributed by atoms with Crippen LogP contribution in [0.5, 0.6) is 0 Å². The first-order valence-electron chi connectivity index (χ1n) is 10.4. The summed E-state index contributed by atoms with van der Waals surface area (Å²) in [7, 11) is 1.45. The zero-order chi connectivity index (χ0) is 22.7. The van der Waals surface area contributed by atoms with Crippen LogP contribution in [-0.2, 0) is 0 Å². The van der Waals surface area contributed by atoms with Gasteiger partial charge in [0.2, 0.25) is 0 Å². The van der Waals surface area contributed by atoms with Crippen molar-refractivity contribution in [2.75, 3.05) is 11.9 Å². The lowest BCUT2D eigenvalue weighted by Crippen LogP contribution is -2.29. The zero-order valence-electron chi connectivity index (χ0n) is 17.9. The fraction of sp³-hybridized carbons (Fsp3) is 0.154. The van der Waals surface area contributed by atoms with Crippen molar-refractivity contribution in [2.24, 2.45) is 0 Å². The van der Waals surface area contributed by atoms with E-state index in [9.17, 15) is 19.2 Å². The first kappa shape index (κ1) is 19.9. The number of fused-ring (bicyclic) bond motifs is 2. The van der Waals surface area contributed by atoms with Gasteiger partial charge in [-0.15, -0.1) is 0 Å². The highest BCUT2D eigenvalue weighted by atomic mass is 16.2. The first-order chi connectivity index (χ1) is 15.3. The molecular weight excluding hydrogens is 404 g/mol. The zero-order valence-corrected chi connectivity index (χ0v) is 17.9. The van der Waals surface area contributed by atoms with Crippen LogP contribution in [0.1, 0.15) is 66.8 Å². The molecule has 0 N–H and O–H groups in total. The number of carbonyl (C=O) groups is 4. The van der Waals surface area contributed by atoms with E-state index in [4.69, 9.17) is 0 Å². The number of nitrogens with zero attached hydrogens (tertiary/aromatic N) is 2. The first-order valence-corrected chi connectivity index (χ1v) is 10.4. The summed E-state index contributed by atoms with van der Waals surface area (Å²) in [5, 5.41) is 0. The van der Waals surface area contributed by atoms with Crippen molar-refractivity contribution in [3.63, 3.8) is 0 Å². The highest BCUT2D eigenvalue weighted by Gasteiger charge is 2.37. The number of hydrogen-bond donors (Lipinski definition) is 0. The molecule has 32 heavy (non-hydrogen) atoms. The molecule has 0 saturated carbocycles. The molecule has 5 rings (SSSR count). The highest BCUT2D eigenvalue weighted by molar-refractivity contribution is 6.34. The molecule has 158 valence electrons. The molecule has 4 amide bonds. The van der Waals surface area contributed by atoms with E-state index in [0.29, 0.717) is 45.0 Å². The van der Waals surface area contributed by atoms with Gasteiger partial charge >= 0.3 is 0 Å². The molecule has 3 aromatic rings. The molecule has 0 saturated heterocycles. The number of imide groups is 2. The van der Waals surface area contributed by atoms with Crippen LogP contribution >= 0.6 is 0 Å². The van der Waals surface area contributed by atoms with Gasteiger partial charge < -0.3 is 0 Å². The van der Waals surface area contributed by atoms with Crippen molar-refractivity contribution in [1.82, 2.24) is 4.90 Å². The van der Waals surface area contributed by atoms with E-state index in [2.05, 4.69) is 13.8 Å². The van der Waals surface area contributed by atoms with Gasteiger partial charge in [0.1, 0.15) is 0 Å². The average molecular weight is 424 g/mol. The van der Waals surface area contributed by atoms with Crippen LogP contribution in [0.4, 0.5) is 5.69 Å². The second kappa shape index (κ2) is 6.99. The van der Waals surface area contributed by atoms with E-state index >= 15 is 0 Å². The minimum Gasteiger partial charge on any atom is -0.277 e. The summed E-state index contributed by atoms with van der Waals surface area (Å²) in [6.07, 6.45) is 0. The second-order valence-electron chi connectivity index (χ2n) is 8.38. The largest absolute Gasteiger partial charge is 0.277 e. The van der Waals surface area contributed by atoms with Crippen LogP contribution in [0.25, 0.3) is 11.1 Å². The maximum Gasteiger partial charge on any atom is 0.266 e. The van der Waals surface area contributed by atoms with Gasteiger partial charge in [-0.2, -0.15) is 0 Å². The lowest BCUT2D eigenvalue weighted by molar-refractivity contribution is 0.0692. The van der Waals surface area contributed by atoms with E-state index in [1.165, 1.54) is 11.9 Å². The van der Waals surface area contributed by atoms with Crippen LogP contribution in [-0.4, -0.2) is 35.6 Å². The Bertz CT molecular complexity index is 1340. The van der Waals surface area contributed by atoms with Crippen molar-refractivity contribution >= 4 is 29.3 Å². The predicted octanol–water partition coefficient (Wildman–Crippen LogP) is 4.50. The van der Waals surface area contributed by atoms with Crippen LogP contribution < -0.4 is 4.90 Å². The van der Waals surface area contributed by atoms with Crippen LogP contribution in [0.2, 0.25) is 0 Å². The van der Waals surface area contributed by atoms with Gasteiger partial charge in [-0.25, -0.2) is 4.90 Å². The summed E-state index contributed by atoms with van der Waals surface area (Å²) < 4.78 is 0. The Morgan fingerprint density at radius 2 is 1.06 bits per heavy atom. The number of amides is 4. The topological polar surface area (TPSA) is 74.8 Å². The Hall–Kier alpha value is -4.06. The molecule has 0 radical (unpaired) electrons. The number of benzene rings is 3. The molecule has 6 nitrogen and oxygen atoms in total. The molecule has 2 aliphatic heterocycles. The quantitative estimate of drug-likeness (QED) is 0.580. The van der Waals surface area contributed by atoms with Crippen molar-refractivity contribution in [3.05, 3.63) is 88.5 Å². The Morgan fingerprint density at radius 3 is 1.62 bits per heavy atom. The third-order valence-electron chi connectivity index (χ3n) is 6.13. The molecule has 0 unspecified atom stereocenters. The van der Waals surface area contributed by atoms with Gasteiger partial charge in [0, 0.05) is 7.05 Å². The predicted molar refractivity (Wildman–Crippen MR) is 120 cm³/mol. The van der Waals surface area contributed by atoms with Gasteiger partial charge in [-0.05, 0) is 59.0 Å². The van der Waals surface area contributed by atoms with Gasteiger partial charge in [0.25, 0.3) is 23.6 Å². The molecule has 6 heteroatoms. The molecule has 3 aromatic carbocycles. The fourth-order valence-corrected chi connectivity index (χ4v) is 4.20. The van der Waals surface area contributed by atoms with E-state index in [0.717, 1.165) is 10.5 Å². The second-order valence-corrected chi connectivity index (χ2v) is 8.38. The Labute approximate surface area is 185 Å². The molecule has 2 heterocycles. The van der Waals surface area contributed by atoms with Gasteiger partial charge in [-0.3, -0.25) is 24.1 Å². The standard InChI is InChI=1S/C26H20N2O4/c1-14(2)15-4-8-18(9-5-15)28-25(31)20-11-7-17(13-22(20)26(28)32)16-6-10-19-21(12-16)24(30)27(3)23(19)29/h4-14H,1-3H3. The van der Waals surface area contributed by atoms with E-state index in [1.807, 2.05) is 12.1 Å². The maximum atomic E-state index is 13.1. The summed E-state index contributed by atoms with van der Waals surface area (Å²) in [4.78, 5) is 52.8. The van der Waals surface area contributed by atoms with Crippen LogP contribution in [0, 0.1) is 0 Å².